The van der Waals surface area contributed by atoms with Crippen LogP contribution in [0.1, 0.15) is 39.5 Å². The first-order valence-corrected chi connectivity index (χ1v) is 5.66. The van der Waals surface area contributed by atoms with Crippen molar-refractivity contribution < 1.29 is 0 Å². The number of nitrogens with one attached hydrogen (secondary N) is 1. The number of hydrogen-bond donors (Lipinski definition) is 1. The lowest BCUT2D eigenvalue weighted by Gasteiger charge is -2.40. The molecule has 2 nitrogen and oxygen atoms in total. The van der Waals surface area contributed by atoms with E-state index in [1.165, 1.54) is 45.3 Å². The van der Waals surface area contributed by atoms with Gasteiger partial charge in [-0.1, -0.05) is 6.42 Å². The maximum absolute atomic E-state index is 3.61. The van der Waals surface area contributed by atoms with Crippen LogP contribution in [0.2, 0.25) is 0 Å². The van der Waals surface area contributed by atoms with Gasteiger partial charge in [0.25, 0.3) is 0 Å². The topological polar surface area (TPSA) is 15.3 Å². The molecule has 2 rings (SSSR count). The molecule has 76 valence electrons. The van der Waals surface area contributed by atoms with Crippen LogP contribution in [-0.2, 0) is 0 Å². The zero-order valence-electron chi connectivity index (χ0n) is 8.97. The van der Waals surface area contributed by atoms with Gasteiger partial charge in [-0.2, -0.15) is 0 Å². The molecule has 2 fully saturated rings. The van der Waals surface area contributed by atoms with Gasteiger partial charge in [0.05, 0.1) is 0 Å². The molecule has 1 N–H and O–H groups in total. The van der Waals surface area contributed by atoms with Gasteiger partial charge < -0.3 is 5.32 Å². The van der Waals surface area contributed by atoms with Crippen LogP contribution < -0.4 is 5.32 Å². The van der Waals surface area contributed by atoms with E-state index in [0.29, 0.717) is 5.54 Å². The van der Waals surface area contributed by atoms with E-state index < -0.39 is 0 Å². The van der Waals surface area contributed by atoms with Crippen molar-refractivity contribution >= 4 is 0 Å². The minimum absolute atomic E-state index is 0.325. The highest BCUT2D eigenvalue weighted by molar-refractivity contribution is 4.90. The third-order valence-corrected chi connectivity index (χ3v) is 3.42. The summed E-state index contributed by atoms with van der Waals surface area (Å²) in [6.45, 7) is 8.38. The average Bonchev–Trinajstić information content (AvgIpc) is 2.07. The van der Waals surface area contributed by atoms with Crippen molar-refractivity contribution in [2.45, 2.75) is 51.1 Å². The lowest BCUT2D eigenvalue weighted by molar-refractivity contribution is 0.111. The minimum Gasteiger partial charge on any atom is -0.310 e. The summed E-state index contributed by atoms with van der Waals surface area (Å²) in [5.74, 6) is 0. The fourth-order valence-corrected chi connectivity index (χ4v) is 2.42. The first kappa shape index (κ1) is 9.47. The molecule has 13 heavy (non-hydrogen) atoms. The standard InChI is InChI=1S/C11H22N2/c1-11(2)9-13(8-4-7-12-11)10-5-3-6-10/h10,12H,3-9H2,1-2H3. The Balaban J connectivity index is 1.93. The highest BCUT2D eigenvalue weighted by atomic mass is 15.2. The molecule has 1 aliphatic carbocycles. The quantitative estimate of drug-likeness (QED) is 0.663. The van der Waals surface area contributed by atoms with Crippen molar-refractivity contribution in [3.8, 4) is 0 Å². The molecule has 0 amide bonds. The Morgan fingerprint density at radius 1 is 1.23 bits per heavy atom. The van der Waals surface area contributed by atoms with Gasteiger partial charge in [-0.15, -0.1) is 0 Å². The van der Waals surface area contributed by atoms with Crippen LogP contribution in [0.5, 0.6) is 0 Å². The Hall–Kier alpha value is -0.0800. The SMILES string of the molecule is CC1(C)CN(C2CCC2)CCCN1. The molecule has 0 unspecified atom stereocenters. The highest BCUT2D eigenvalue weighted by Gasteiger charge is 2.30. The molecule has 0 aromatic rings. The summed E-state index contributed by atoms with van der Waals surface area (Å²) in [6, 6.07) is 0.916. The van der Waals surface area contributed by atoms with E-state index in [0.717, 1.165) is 6.04 Å². The van der Waals surface area contributed by atoms with E-state index in [2.05, 4.69) is 24.1 Å². The Kier molecular flexibility index (Phi) is 2.61. The molecule has 0 spiro atoms. The summed E-state index contributed by atoms with van der Waals surface area (Å²) in [6.07, 6.45) is 5.65. The molecule has 1 aliphatic heterocycles. The van der Waals surface area contributed by atoms with Crippen LogP contribution in [0, 0.1) is 0 Å². The van der Waals surface area contributed by atoms with Crippen molar-refractivity contribution in [1.82, 2.24) is 10.2 Å². The van der Waals surface area contributed by atoms with Gasteiger partial charge in [-0.05, 0) is 46.2 Å². The average molecular weight is 182 g/mol. The van der Waals surface area contributed by atoms with Crippen LogP contribution in [0.3, 0.4) is 0 Å². The molecule has 0 atom stereocenters. The first-order valence-electron chi connectivity index (χ1n) is 5.66. The predicted octanol–water partition coefficient (Wildman–Crippen LogP) is 1.61. The maximum atomic E-state index is 3.61. The van der Waals surface area contributed by atoms with Gasteiger partial charge in [-0.3, -0.25) is 4.90 Å². The Morgan fingerprint density at radius 3 is 2.62 bits per heavy atom. The molecule has 2 heteroatoms. The van der Waals surface area contributed by atoms with Gasteiger partial charge >= 0.3 is 0 Å². The third-order valence-electron chi connectivity index (χ3n) is 3.42. The molecule has 2 aliphatic rings. The fraction of sp³-hybridized carbons (Fsp3) is 1.00. The number of rotatable bonds is 1. The van der Waals surface area contributed by atoms with E-state index in [1.54, 1.807) is 0 Å². The van der Waals surface area contributed by atoms with Crippen molar-refractivity contribution in [3.63, 3.8) is 0 Å². The van der Waals surface area contributed by atoms with E-state index in [4.69, 9.17) is 0 Å². The molecule has 1 saturated heterocycles. The second-order valence-electron chi connectivity index (χ2n) is 5.22. The normalized spacial score (nSPS) is 30.9. The summed E-state index contributed by atoms with van der Waals surface area (Å²) < 4.78 is 0. The lowest BCUT2D eigenvalue weighted by Crippen LogP contribution is -2.50. The summed E-state index contributed by atoms with van der Waals surface area (Å²) in [5, 5.41) is 3.61. The fourth-order valence-electron chi connectivity index (χ4n) is 2.42. The van der Waals surface area contributed by atoms with Crippen molar-refractivity contribution in [2.24, 2.45) is 0 Å². The van der Waals surface area contributed by atoms with Gasteiger partial charge in [0.1, 0.15) is 0 Å². The first-order chi connectivity index (χ1) is 6.17. The van der Waals surface area contributed by atoms with Crippen molar-refractivity contribution in [3.05, 3.63) is 0 Å². The Labute approximate surface area is 81.7 Å². The Morgan fingerprint density at radius 2 is 2.00 bits per heavy atom. The largest absolute Gasteiger partial charge is 0.310 e. The van der Waals surface area contributed by atoms with Crippen LogP contribution in [0.4, 0.5) is 0 Å². The predicted molar refractivity (Wildman–Crippen MR) is 55.9 cm³/mol. The van der Waals surface area contributed by atoms with E-state index in [-0.39, 0.29) is 0 Å². The molecular weight excluding hydrogens is 160 g/mol. The molecule has 0 aromatic heterocycles. The summed E-state index contributed by atoms with van der Waals surface area (Å²) in [4.78, 5) is 2.70. The van der Waals surface area contributed by atoms with E-state index in [1.807, 2.05) is 0 Å². The summed E-state index contributed by atoms with van der Waals surface area (Å²) in [5.41, 5.74) is 0.325. The smallest absolute Gasteiger partial charge is 0.0252 e. The molecule has 1 saturated carbocycles. The zero-order chi connectivity index (χ0) is 9.31. The van der Waals surface area contributed by atoms with Crippen LogP contribution in [0.25, 0.3) is 0 Å². The molecular formula is C11H22N2. The van der Waals surface area contributed by atoms with E-state index >= 15 is 0 Å². The summed E-state index contributed by atoms with van der Waals surface area (Å²) in [7, 11) is 0. The monoisotopic (exact) mass is 182 g/mol. The number of hydrogen-bond acceptors (Lipinski definition) is 2. The second-order valence-corrected chi connectivity index (χ2v) is 5.22. The van der Waals surface area contributed by atoms with Crippen LogP contribution in [0.15, 0.2) is 0 Å². The molecule has 0 bridgehead atoms. The Bertz CT molecular complexity index is 173. The van der Waals surface area contributed by atoms with Gasteiger partial charge in [-0.25, -0.2) is 0 Å². The van der Waals surface area contributed by atoms with Gasteiger partial charge in [0, 0.05) is 18.1 Å². The second kappa shape index (κ2) is 3.58. The molecule has 1 heterocycles. The highest BCUT2D eigenvalue weighted by Crippen LogP contribution is 2.27. The minimum atomic E-state index is 0.325. The lowest BCUT2D eigenvalue weighted by atomic mass is 9.90. The maximum Gasteiger partial charge on any atom is 0.0252 e. The van der Waals surface area contributed by atoms with Crippen molar-refractivity contribution in [2.75, 3.05) is 19.6 Å². The van der Waals surface area contributed by atoms with Crippen LogP contribution >= 0.6 is 0 Å². The molecule has 0 aromatic carbocycles. The van der Waals surface area contributed by atoms with Crippen LogP contribution in [-0.4, -0.2) is 36.1 Å². The van der Waals surface area contributed by atoms with Gasteiger partial charge in [0.2, 0.25) is 0 Å². The van der Waals surface area contributed by atoms with Crippen molar-refractivity contribution in [1.29, 1.82) is 0 Å². The third kappa shape index (κ3) is 2.23. The zero-order valence-corrected chi connectivity index (χ0v) is 8.97. The van der Waals surface area contributed by atoms with Gasteiger partial charge in [0.15, 0.2) is 0 Å². The van der Waals surface area contributed by atoms with E-state index in [9.17, 15) is 0 Å². The number of nitrogens with zero attached hydrogens (tertiary/aromatic N) is 1. The molecule has 0 radical (unpaired) electrons. The summed E-state index contributed by atoms with van der Waals surface area (Å²) >= 11 is 0.